The van der Waals surface area contributed by atoms with Crippen LogP contribution in [0.5, 0.6) is 0 Å². The number of H-pyrrole nitrogens is 1. The van der Waals surface area contributed by atoms with Gasteiger partial charge in [-0.2, -0.15) is 0 Å². The predicted octanol–water partition coefficient (Wildman–Crippen LogP) is 4.16. The third kappa shape index (κ3) is 3.59. The average Bonchev–Trinajstić information content (AvgIpc) is 3.58. The molecule has 2 aromatic carbocycles. The molecule has 170 valence electrons. The molecule has 0 spiro atoms. The summed E-state index contributed by atoms with van der Waals surface area (Å²) < 4.78 is 10.4. The molecule has 3 heterocycles. The van der Waals surface area contributed by atoms with Crippen molar-refractivity contribution in [3.63, 3.8) is 0 Å². The molecule has 1 aliphatic heterocycles. The maximum Gasteiger partial charge on any atom is 0.338 e. The molecule has 0 saturated heterocycles. The molecular weight excluding hydrogens is 436 g/mol. The molecule has 5 rings (SSSR count). The van der Waals surface area contributed by atoms with Crippen LogP contribution in [0.25, 0.3) is 10.9 Å². The second kappa shape index (κ2) is 8.47. The molecule has 34 heavy (non-hydrogen) atoms. The van der Waals surface area contributed by atoms with Gasteiger partial charge in [-0.1, -0.05) is 25.1 Å². The maximum absolute atomic E-state index is 12.8. The molecule has 2 aromatic heterocycles. The van der Waals surface area contributed by atoms with E-state index in [-0.39, 0.29) is 29.0 Å². The van der Waals surface area contributed by atoms with Crippen LogP contribution in [0, 0.1) is 0 Å². The molecule has 0 fully saturated rings. The second-order valence-electron chi connectivity index (χ2n) is 7.93. The Hall–Kier alpha value is -4.46. The molecule has 4 aromatic rings. The van der Waals surface area contributed by atoms with E-state index in [1.807, 2.05) is 25.1 Å². The molecule has 0 unspecified atom stereocenters. The number of fused-ring (bicyclic) bond motifs is 2. The van der Waals surface area contributed by atoms with Crippen LogP contribution in [0.3, 0.4) is 0 Å². The number of amides is 2. The van der Waals surface area contributed by atoms with Gasteiger partial charge in [0.1, 0.15) is 5.76 Å². The Kier molecular flexibility index (Phi) is 5.33. The zero-order chi connectivity index (χ0) is 23.8. The molecule has 0 radical (unpaired) electrons. The molecule has 8 nitrogen and oxygen atoms in total. The molecule has 8 heteroatoms. The van der Waals surface area contributed by atoms with E-state index >= 15 is 0 Å². The number of aryl methyl sites for hydroxylation is 1. The Labute approximate surface area is 194 Å². The first kappa shape index (κ1) is 21.4. The molecule has 0 bridgehead atoms. The first-order valence-corrected chi connectivity index (χ1v) is 10.8. The van der Waals surface area contributed by atoms with Gasteiger partial charge in [0.25, 0.3) is 11.8 Å². The van der Waals surface area contributed by atoms with Crippen molar-refractivity contribution in [2.45, 2.75) is 19.9 Å². The number of hydrogen-bond acceptors (Lipinski definition) is 6. The number of hydrogen-bond donors (Lipinski definition) is 1. The number of nitrogens with one attached hydrogen (secondary N) is 1. The standard InChI is InChI=1S/C26H20N2O6/c1-2-15-5-3-7-18-21(12-27-23(15)18)22(29)14-34-26(32)16-8-9-19-20(11-16)25(31)28(24(19)30)13-17-6-4-10-33-17/h3-12,27H,2,13-14H2,1H3. The lowest BCUT2D eigenvalue weighted by Crippen LogP contribution is -2.28. The quantitative estimate of drug-likeness (QED) is 0.254. The lowest BCUT2D eigenvalue weighted by atomic mass is 10.0. The fourth-order valence-corrected chi connectivity index (χ4v) is 4.15. The van der Waals surface area contributed by atoms with Crippen LogP contribution >= 0.6 is 0 Å². The van der Waals surface area contributed by atoms with Crippen molar-refractivity contribution in [3.05, 3.63) is 94.6 Å². The van der Waals surface area contributed by atoms with Crippen molar-refractivity contribution in [2.24, 2.45) is 0 Å². The topological polar surface area (TPSA) is 110 Å². The highest BCUT2D eigenvalue weighted by Crippen LogP contribution is 2.26. The predicted molar refractivity (Wildman–Crippen MR) is 122 cm³/mol. The summed E-state index contributed by atoms with van der Waals surface area (Å²) in [6, 6.07) is 13.2. The number of ether oxygens (including phenoxy) is 1. The molecule has 2 amide bonds. The van der Waals surface area contributed by atoms with Crippen molar-refractivity contribution in [2.75, 3.05) is 6.61 Å². The third-order valence-corrected chi connectivity index (χ3v) is 5.92. The number of Topliss-reactive ketones (excluding diaryl/α,β-unsaturated/α-hetero) is 1. The van der Waals surface area contributed by atoms with E-state index in [9.17, 15) is 19.2 Å². The molecule has 0 aliphatic carbocycles. The van der Waals surface area contributed by atoms with Crippen LogP contribution in [0.2, 0.25) is 0 Å². The lowest BCUT2D eigenvalue weighted by molar-refractivity contribution is 0.0475. The smallest absolute Gasteiger partial charge is 0.338 e. The summed E-state index contributed by atoms with van der Waals surface area (Å²) in [5.74, 6) is -1.61. The minimum atomic E-state index is -0.755. The summed E-state index contributed by atoms with van der Waals surface area (Å²) in [5, 5.41) is 0.777. The van der Waals surface area contributed by atoms with Crippen LogP contribution in [0.4, 0.5) is 0 Å². The first-order valence-electron chi connectivity index (χ1n) is 10.8. The highest BCUT2D eigenvalue weighted by Gasteiger charge is 2.36. The number of esters is 1. The Morgan fingerprint density at radius 2 is 1.85 bits per heavy atom. The third-order valence-electron chi connectivity index (χ3n) is 5.92. The average molecular weight is 456 g/mol. The van der Waals surface area contributed by atoms with Crippen LogP contribution in [-0.2, 0) is 17.7 Å². The number of nitrogens with zero attached hydrogens (tertiary/aromatic N) is 1. The first-order chi connectivity index (χ1) is 16.5. The summed E-state index contributed by atoms with van der Waals surface area (Å²) in [6.07, 6.45) is 3.90. The van der Waals surface area contributed by atoms with Gasteiger partial charge < -0.3 is 14.1 Å². The summed E-state index contributed by atoms with van der Waals surface area (Å²) in [6.45, 7) is 1.58. The van der Waals surface area contributed by atoms with E-state index in [1.54, 1.807) is 18.3 Å². The molecular formula is C26H20N2O6. The van der Waals surface area contributed by atoms with Gasteiger partial charge in [-0.15, -0.1) is 0 Å². The number of carbonyl (C=O) groups is 4. The van der Waals surface area contributed by atoms with E-state index in [0.717, 1.165) is 27.8 Å². The van der Waals surface area contributed by atoms with Crippen LogP contribution in [0.15, 0.2) is 65.4 Å². The normalized spacial score (nSPS) is 12.9. The number of furan rings is 1. The van der Waals surface area contributed by atoms with Gasteiger partial charge in [-0.05, 0) is 42.3 Å². The molecule has 0 saturated carbocycles. The van der Waals surface area contributed by atoms with Crippen molar-refractivity contribution in [1.82, 2.24) is 9.88 Å². The molecule has 1 N–H and O–H groups in total. The summed E-state index contributed by atoms with van der Waals surface area (Å²) >= 11 is 0. The van der Waals surface area contributed by atoms with Gasteiger partial charge in [0.2, 0.25) is 5.78 Å². The Morgan fingerprint density at radius 3 is 2.62 bits per heavy atom. The number of aromatic amines is 1. The number of rotatable bonds is 7. The SMILES string of the molecule is CCc1cccc2c(C(=O)COC(=O)c3ccc4c(c3)C(=O)N(Cc3ccco3)C4=O)c[nH]c12. The van der Waals surface area contributed by atoms with Crippen LogP contribution in [-0.4, -0.2) is 40.1 Å². The van der Waals surface area contributed by atoms with Crippen molar-refractivity contribution < 1.29 is 28.3 Å². The van der Waals surface area contributed by atoms with E-state index in [1.165, 1.54) is 24.5 Å². The Bertz CT molecular complexity index is 1450. The lowest BCUT2D eigenvalue weighted by Gasteiger charge is -2.11. The fourth-order valence-electron chi connectivity index (χ4n) is 4.15. The number of carbonyl (C=O) groups excluding carboxylic acids is 4. The van der Waals surface area contributed by atoms with Gasteiger partial charge in [0, 0.05) is 22.7 Å². The minimum absolute atomic E-state index is 0.00199. The van der Waals surface area contributed by atoms with E-state index in [2.05, 4.69) is 4.98 Å². The summed E-state index contributed by atoms with van der Waals surface area (Å²) in [4.78, 5) is 54.9. The number of aromatic nitrogens is 1. The zero-order valence-corrected chi connectivity index (χ0v) is 18.3. The van der Waals surface area contributed by atoms with Crippen LogP contribution in [0.1, 0.15) is 59.7 Å². The Balaban J connectivity index is 1.30. The fraction of sp³-hybridized carbons (Fsp3) is 0.154. The van der Waals surface area contributed by atoms with Crippen molar-refractivity contribution >= 4 is 34.5 Å². The van der Waals surface area contributed by atoms with Gasteiger partial charge in [-0.25, -0.2) is 4.79 Å². The van der Waals surface area contributed by atoms with Crippen molar-refractivity contribution in [3.8, 4) is 0 Å². The highest BCUT2D eigenvalue weighted by molar-refractivity contribution is 6.22. The summed E-state index contributed by atoms with van der Waals surface area (Å²) in [7, 11) is 0. The van der Waals surface area contributed by atoms with E-state index in [4.69, 9.17) is 9.15 Å². The molecule has 0 atom stereocenters. The number of ketones is 1. The minimum Gasteiger partial charge on any atom is -0.467 e. The van der Waals surface area contributed by atoms with Gasteiger partial charge in [0.05, 0.1) is 29.5 Å². The monoisotopic (exact) mass is 456 g/mol. The Morgan fingerprint density at radius 1 is 1.03 bits per heavy atom. The van der Waals surface area contributed by atoms with Crippen LogP contribution < -0.4 is 0 Å². The number of para-hydroxylation sites is 1. The van der Waals surface area contributed by atoms with E-state index < -0.39 is 24.4 Å². The summed E-state index contributed by atoms with van der Waals surface area (Å²) in [5.41, 5.74) is 2.82. The van der Waals surface area contributed by atoms with Gasteiger partial charge in [0.15, 0.2) is 6.61 Å². The van der Waals surface area contributed by atoms with Crippen molar-refractivity contribution in [1.29, 1.82) is 0 Å². The second-order valence-corrected chi connectivity index (χ2v) is 7.93. The molecule has 1 aliphatic rings. The maximum atomic E-state index is 12.8. The largest absolute Gasteiger partial charge is 0.467 e. The van der Waals surface area contributed by atoms with Gasteiger partial charge >= 0.3 is 5.97 Å². The number of imide groups is 1. The number of benzene rings is 2. The van der Waals surface area contributed by atoms with Gasteiger partial charge in [-0.3, -0.25) is 19.3 Å². The highest BCUT2D eigenvalue weighted by atomic mass is 16.5. The van der Waals surface area contributed by atoms with E-state index in [0.29, 0.717) is 11.3 Å². The zero-order valence-electron chi connectivity index (χ0n) is 18.3.